The van der Waals surface area contributed by atoms with E-state index in [0.29, 0.717) is 11.3 Å². The third-order valence-electron chi connectivity index (χ3n) is 2.44. The summed E-state index contributed by atoms with van der Waals surface area (Å²) in [4.78, 5) is 20.2. The minimum atomic E-state index is -0.298. The number of aryl methyl sites for hydroxylation is 1. The molecule has 0 unspecified atom stereocenters. The summed E-state index contributed by atoms with van der Waals surface area (Å²) in [6.45, 7) is 1.71. The normalized spacial score (nSPS) is 10.2. The maximum Gasteiger partial charge on any atom is 0.247 e. The van der Waals surface area contributed by atoms with Crippen molar-refractivity contribution < 1.29 is 18.7 Å². The van der Waals surface area contributed by atoms with E-state index in [4.69, 9.17) is 13.9 Å². The predicted octanol–water partition coefficient (Wildman–Crippen LogP) is 1.63. The van der Waals surface area contributed by atoms with E-state index in [2.05, 4.69) is 9.97 Å². The summed E-state index contributed by atoms with van der Waals surface area (Å²) in [5.74, 6) is 0.639. The Morgan fingerprint density at radius 3 is 2.67 bits per heavy atom. The van der Waals surface area contributed by atoms with Crippen LogP contribution in [0.4, 0.5) is 0 Å². The molecule has 0 bridgehead atoms. The third-order valence-corrected chi connectivity index (χ3v) is 2.44. The monoisotopic (exact) mass is 248 g/mol. The molecule has 2 rings (SSSR count). The Kier molecular flexibility index (Phi) is 3.27. The van der Waals surface area contributed by atoms with Crippen LogP contribution in [-0.4, -0.2) is 30.0 Å². The Hall–Kier alpha value is -2.37. The maximum atomic E-state index is 12.2. The zero-order chi connectivity index (χ0) is 13.1. The van der Waals surface area contributed by atoms with E-state index in [1.165, 1.54) is 26.7 Å². The van der Waals surface area contributed by atoms with E-state index in [1.807, 2.05) is 0 Å². The second-order valence-electron chi connectivity index (χ2n) is 3.49. The quantitative estimate of drug-likeness (QED) is 0.765. The summed E-state index contributed by atoms with van der Waals surface area (Å²) in [5, 5.41) is 0. The number of aromatic nitrogens is 2. The molecule has 94 valence electrons. The largest absolute Gasteiger partial charge is 0.480 e. The highest BCUT2D eigenvalue weighted by Gasteiger charge is 2.21. The number of carbonyl (C=O) groups excluding carboxylic acids is 1. The molecule has 0 aliphatic rings. The van der Waals surface area contributed by atoms with E-state index in [0.717, 1.165) is 0 Å². The molecule has 0 aliphatic heterocycles. The van der Waals surface area contributed by atoms with Gasteiger partial charge in [0.05, 0.1) is 32.2 Å². The fourth-order valence-corrected chi connectivity index (χ4v) is 1.50. The number of rotatable bonds is 4. The van der Waals surface area contributed by atoms with Crippen molar-refractivity contribution in [2.45, 2.75) is 6.92 Å². The first-order chi connectivity index (χ1) is 8.67. The fraction of sp³-hybridized carbons (Fsp3) is 0.250. The molecule has 0 aliphatic carbocycles. The van der Waals surface area contributed by atoms with Crippen LogP contribution >= 0.6 is 0 Å². The summed E-state index contributed by atoms with van der Waals surface area (Å²) in [6.07, 6.45) is 2.82. The summed E-state index contributed by atoms with van der Waals surface area (Å²) in [5.41, 5.74) is 0.565. The molecule has 18 heavy (non-hydrogen) atoms. The lowest BCUT2D eigenvalue weighted by Crippen LogP contribution is -2.09. The van der Waals surface area contributed by atoms with Crippen molar-refractivity contribution >= 4 is 5.78 Å². The number of hydrogen-bond donors (Lipinski definition) is 0. The van der Waals surface area contributed by atoms with Gasteiger partial charge in [-0.3, -0.25) is 4.79 Å². The Bertz CT molecular complexity index is 577. The molecule has 2 aromatic rings. The number of carbonyl (C=O) groups is 1. The zero-order valence-corrected chi connectivity index (χ0v) is 10.3. The molecule has 2 aromatic heterocycles. The lowest BCUT2D eigenvalue weighted by molar-refractivity contribution is 0.102. The highest BCUT2D eigenvalue weighted by Crippen LogP contribution is 2.21. The topological polar surface area (TPSA) is 74.5 Å². The van der Waals surface area contributed by atoms with Crippen molar-refractivity contribution in [3.63, 3.8) is 0 Å². The van der Waals surface area contributed by atoms with Gasteiger partial charge in [-0.1, -0.05) is 0 Å². The molecule has 0 amide bonds. The van der Waals surface area contributed by atoms with Crippen molar-refractivity contribution in [2.24, 2.45) is 0 Å². The van der Waals surface area contributed by atoms with Crippen LogP contribution in [0.5, 0.6) is 11.8 Å². The first-order valence-electron chi connectivity index (χ1n) is 5.21. The molecule has 2 heterocycles. The van der Waals surface area contributed by atoms with Crippen LogP contribution in [-0.2, 0) is 0 Å². The summed E-state index contributed by atoms with van der Waals surface area (Å²) < 4.78 is 15.1. The van der Waals surface area contributed by atoms with Crippen molar-refractivity contribution in [1.29, 1.82) is 0 Å². The van der Waals surface area contributed by atoms with E-state index >= 15 is 0 Å². The van der Waals surface area contributed by atoms with Gasteiger partial charge in [-0.25, -0.2) is 4.98 Å². The lowest BCUT2D eigenvalue weighted by Gasteiger charge is -2.06. The Morgan fingerprint density at radius 2 is 2.11 bits per heavy atom. The Balaban J connectivity index is 2.45. The van der Waals surface area contributed by atoms with Crippen LogP contribution < -0.4 is 9.47 Å². The summed E-state index contributed by atoms with van der Waals surface area (Å²) in [7, 11) is 2.88. The number of ketones is 1. The van der Waals surface area contributed by atoms with Gasteiger partial charge < -0.3 is 13.9 Å². The van der Waals surface area contributed by atoms with Crippen molar-refractivity contribution in [3.8, 4) is 11.8 Å². The van der Waals surface area contributed by atoms with Crippen LogP contribution in [0.2, 0.25) is 0 Å². The number of methoxy groups -OCH3 is 2. The van der Waals surface area contributed by atoms with Gasteiger partial charge in [0.15, 0.2) is 5.69 Å². The van der Waals surface area contributed by atoms with Crippen LogP contribution in [0.15, 0.2) is 22.9 Å². The highest BCUT2D eigenvalue weighted by atomic mass is 16.5. The van der Waals surface area contributed by atoms with Crippen LogP contribution in [0.1, 0.15) is 21.8 Å². The average molecular weight is 248 g/mol. The third kappa shape index (κ3) is 2.04. The van der Waals surface area contributed by atoms with Crippen LogP contribution in [0.3, 0.4) is 0 Å². The van der Waals surface area contributed by atoms with Gasteiger partial charge in [-0.05, 0) is 13.0 Å². The van der Waals surface area contributed by atoms with Gasteiger partial charge in [0, 0.05) is 0 Å². The van der Waals surface area contributed by atoms with Gasteiger partial charge in [0.1, 0.15) is 5.76 Å². The van der Waals surface area contributed by atoms with E-state index in [-0.39, 0.29) is 23.2 Å². The molecule has 0 aromatic carbocycles. The first kappa shape index (κ1) is 12.1. The molecular weight excluding hydrogens is 236 g/mol. The second kappa shape index (κ2) is 4.87. The van der Waals surface area contributed by atoms with Gasteiger partial charge in [0.2, 0.25) is 17.5 Å². The van der Waals surface area contributed by atoms with Crippen molar-refractivity contribution in [2.75, 3.05) is 14.2 Å². The number of ether oxygens (including phenoxy) is 2. The van der Waals surface area contributed by atoms with Crippen LogP contribution in [0, 0.1) is 6.92 Å². The molecule has 0 fully saturated rings. The average Bonchev–Trinajstić information content (AvgIpc) is 2.83. The van der Waals surface area contributed by atoms with Crippen molar-refractivity contribution in [3.05, 3.63) is 35.5 Å². The smallest absolute Gasteiger partial charge is 0.247 e. The van der Waals surface area contributed by atoms with Crippen molar-refractivity contribution in [1.82, 2.24) is 9.97 Å². The maximum absolute atomic E-state index is 12.2. The number of nitrogens with zero attached hydrogens (tertiary/aromatic N) is 2. The first-order valence-corrected chi connectivity index (χ1v) is 5.21. The number of hydrogen-bond acceptors (Lipinski definition) is 6. The molecule has 0 saturated carbocycles. The molecule has 0 N–H and O–H groups in total. The van der Waals surface area contributed by atoms with E-state index in [1.54, 1.807) is 13.0 Å². The molecule has 6 nitrogen and oxygen atoms in total. The number of furan rings is 1. The SMILES string of the molecule is COc1cnc(C(=O)c2ccoc2C)c(OC)n1. The molecule has 6 heteroatoms. The minimum Gasteiger partial charge on any atom is -0.480 e. The molecule has 0 radical (unpaired) electrons. The fourth-order valence-electron chi connectivity index (χ4n) is 1.50. The van der Waals surface area contributed by atoms with Gasteiger partial charge in [0.25, 0.3) is 0 Å². The highest BCUT2D eigenvalue weighted by molar-refractivity contribution is 6.09. The van der Waals surface area contributed by atoms with E-state index < -0.39 is 0 Å². The zero-order valence-electron chi connectivity index (χ0n) is 10.3. The Morgan fingerprint density at radius 1 is 1.33 bits per heavy atom. The molecule has 0 atom stereocenters. The van der Waals surface area contributed by atoms with Gasteiger partial charge >= 0.3 is 0 Å². The van der Waals surface area contributed by atoms with Gasteiger partial charge in [-0.15, -0.1) is 0 Å². The standard InChI is InChI=1S/C12H12N2O4/c1-7-8(4-5-18-7)11(15)10-12(17-3)14-9(16-2)6-13-10/h4-6H,1-3H3. The lowest BCUT2D eigenvalue weighted by atomic mass is 10.1. The molecule has 0 spiro atoms. The van der Waals surface area contributed by atoms with Crippen LogP contribution in [0.25, 0.3) is 0 Å². The summed E-state index contributed by atoms with van der Waals surface area (Å²) >= 11 is 0. The summed E-state index contributed by atoms with van der Waals surface area (Å²) in [6, 6.07) is 1.59. The predicted molar refractivity (Wildman–Crippen MR) is 62.0 cm³/mol. The van der Waals surface area contributed by atoms with Gasteiger partial charge in [-0.2, -0.15) is 4.98 Å². The molecule has 0 saturated heterocycles. The van der Waals surface area contributed by atoms with E-state index in [9.17, 15) is 4.79 Å². The minimum absolute atomic E-state index is 0.125. The second-order valence-corrected chi connectivity index (χ2v) is 3.49. The Labute approximate surface area is 104 Å². The molecular formula is C12H12N2O4.